The van der Waals surface area contributed by atoms with Gasteiger partial charge in [0.2, 0.25) is 5.82 Å². The summed E-state index contributed by atoms with van der Waals surface area (Å²) >= 11 is 0. The highest BCUT2D eigenvalue weighted by Crippen LogP contribution is 2.30. The molecule has 0 fully saturated rings. The lowest BCUT2D eigenvalue weighted by molar-refractivity contribution is -0.144. The number of hydrogen-bond donors (Lipinski definition) is 2. The van der Waals surface area contributed by atoms with Crippen molar-refractivity contribution in [3.63, 3.8) is 0 Å². The van der Waals surface area contributed by atoms with Crippen LogP contribution in [0.3, 0.4) is 0 Å². The van der Waals surface area contributed by atoms with E-state index in [2.05, 4.69) is 20.3 Å². The van der Waals surface area contributed by atoms with E-state index in [0.29, 0.717) is 11.9 Å². The minimum Gasteiger partial charge on any atom is -0.365 e. The van der Waals surface area contributed by atoms with Crippen molar-refractivity contribution in [1.82, 2.24) is 15.0 Å². The van der Waals surface area contributed by atoms with E-state index >= 15 is 0 Å². The molecule has 0 amide bonds. The minimum absolute atomic E-state index is 0.172. The molecule has 0 atom stereocenters. The standard InChI is InChI=1S/C15H13F3N4/c1-9-7-11-12(19-8-10-5-3-2-4-6-10)21-14(15(16,17)18)22-13(11)20-9/h2-7H,8H2,1H3,(H2,19,20,21,22). The Morgan fingerprint density at radius 1 is 1.14 bits per heavy atom. The summed E-state index contributed by atoms with van der Waals surface area (Å²) in [7, 11) is 0. The van der Waals surface area contributed by atoms with E-state index in [1.54, 1.807) is 13.0 Å². The lowest BCUT2D eigenvalue weighted by Gasteiger charge is -2.10. The summed E-state index contributed by atoms with van der Waals surface area (Å²) in [6, 6.07) is 11.1. The Balaban J connectivity index is 1.99. The Bertz CT molecular complexity index is 794. The quantitative estimate of drug-likeness (QED) is 0.771. The Morgan fingerprint density at radius 2 is 1.86 bits per heavy atom. The zero-order valence-corrected chi connectivity index (χ0v) is 11.7. The first-order valence-corrected chi connectivity index (χ1v) is 6.66. The van der Waals surface area contributed by atoms with E-state index in [0.717, 1.165) is 11.3 Å². The molecule has 0 aliphatic heterocycles. The van der Waals surface area contributed by atoms with Crippen LogP contribution in [0.25, 0.3) is 11.0 Å². The van der Waals surface area contributed by atoms with Crippen molar-refractivity contribution in [2.45, 2.75) is 19.6 Å². The maximum Gasteiger partial charge on any atom is 0.451 e. The van der Waals surface area contributed by atoms with E-state index in [-0.39, 0.29) is 11.5 Å². The largest absolute Gasteiger partial charge is 0.451 e. The van der Waals surface area contributed by atoms with Gasteiger partial charge in [-0.1, -0.05) is 30.3 Å². The summed E-state index contributed by atoms with van der Waals surface area (Å²) in [5.41, 5.74) is 1.86. The molecule has 0 spiro atoms. The van der Waals surface area contributed by atoms with E-state index in [9.17, 15) is 13.2 Å². The number of aryl methyl sites for hydroxylation is 1. The molecule has 0 aliphatic carbocycles. The third kappa shape index (κ3) is 2.88. The molecular formula is C15H13F3N4. The number of anilines is 1. The minimum atomic E-state index is -4.59. The van der Waals surface area contributed by atoms with Gasteiger partial charge in [-0.05, 0) is 18.6 Å². The lowest BCUT2D eigenvalue weighted by Crippen LogP contribution is -2.13. The molecular weight excluding hydrogens is 293 g/mol. The molecule has 2 N–H and O–H groups in total. The molecule has 2 aromatic heterocycles. The van der Waals surface area contributed by atoms with E-state index in [4.69, 9.17) is 0 Å². The van der Waals surface area contributed by atoms with Crippen molar-refractivity contribution in [3.05, 3.63) is 53.5 Å². The summed E-state index contributed by atoms with van der Waals surface area (Å²) in [5.74, 6) is -0.983. The second-order valence-corrected chi connectivity index (χ2v) is 4.95. The highest BCUT2D eigenvalue weighted by molar-refractivity contribution is 5.87. The number of alkyl halides is 3. The van der Waals surface area contributed by atoms with Crippen LogP contribution in [-0.4, -0.2) is 15.0 Å². The van der Waals surface area contributed by atoms with Gasteiger partial charge in [-0.25, -0.2) is 9.97 Å². The number of aromatic amines is 1. The molecule has 0 radical (unpaired) electrons. The van der Waals surface area contributed by atoms with Crippen LogP contribution in [0.2, 0.25) is 0 Å². The molecule has 0 aliphatic rings. The van der Waals surface area contributed by atoms with Gasteiger partial charge in [0.15, 0.2) is 0 Å². The molecule has 114 valence electrons. The fourth-order valence-corrected chi connectivity index (χ4v) is 2.18. The summed E-state index contributed by atoms with van der Waals surface area (Å²) in [6.07, 6.45) is -4.59. The highest BCUT2D eigenvalue weighted by atomic mass is 19.4. The van der Waals surface area contributed by atoms with Crippen LogP contribution in [0.4, 0.5) is 19.0 Å². The number of H-pyrrole nitrogens is 1. The molecule has 3 aromatic rings. The van der Waals surface area contributed by atoms with Crippen LogP contribution in [0, 0.1) is 6.92 Å². The molecule has 3 rings (SSSR count). The normalized spacial score (nSPS) is 11.8. The Hall–Kier alpha value is -2.57. The Kier molecular flexibility index (Phi) is 3.48. The number of aromatic nitrogens is 3. The third-order valence-electron chi connectivity index (χ3n) is 3.18. The zero-order valence-electron chi connectivity index (χ0n) is 11.7. The maximum atomic E-state index is 12.9. The monoisotopic (exact) mass is 306 g/mol. The number of benzene rings is 1. The summed E-state index contributed by atoms with van der Waals surface area (Å²) in [4.78, 5) is 10.0. The van der Waals surface area contributed by atoms with Crippen molar-refractivity contribution < 1.29 is 13.2 Å². The van der Waals surface area contributed by atoms with Crippen molar-refractivity contribution >= 4 is 16.9 Å². The highest BCUT2D eigenvalue weighted by Gasteiger charge is 2.35. The molecule has 0 saturated heterocycles. The number of halogens is 3. The Morgan fingerprint density at radius 3 is 2.55 bits per heavy atom. The van der Waals surface area contributed by atoms with Gasteiger partial charge in [-0.2, -0.15) is 13.2 Å². The van der Waals surface area contributed by atoms with Gasteiger partial charge in [0, 0.05) is 12.2 Å². The van der Waals surface area contributed by atoms with Crippen LogP contribution in [0.15, 0.2) is 36.4 Å². The number of rotatable bonds is 3. The van der Waals surface area contributed by atoms with Crippen LogP contribution >= 0.6 is 0 Å². The SMILES string of the molecule is Cc1cc2c(NCc3ccccc3)nc(C(F)(F)F)nc2[nH]1. The summed E-state index contributed by atoms with van der Waals surface area (Å²) in [6.45, 7) is 2.14. The molecule has 1 aromatic carbocycles. The number of nitrogens with zero attached hydrogens (tertiary/aromatic N) is 2. The van der Waals surface area contributed by atoms with Crippen LogP contribution < -0.4 is 5.32 Å². The molecule has 4 nitrogen and oxygen atoms in total. The van der Waals surface area contributed by atoms with Gasteiger partial charge >= 0.3 is 6.18 Å². The first-order valence-electron chi connectivity index (χ1n) is 6.66. The predicted molar refractivity (Wildman–Crippen MR) is 77.4 cm³/mol. The molecule has 0 bridgehead atoms. The lowest BCUT2D eigenvalue weighted by atomic mass is 10.2. The number of fused-ring (bicyclic) bond motifs is 1. The van der Waals surface area contributed by atoms with Gasteiger partial charge in [0.05, 0.1) is 5.39 Å². The molecule has 0 saturated carbocycles. The van der Waals surface area contributed by atoms with Gasteiger partial charge < -0.3 is 10.3 Å². The van der Waals surface area contributed by atoms with Crippen molar-refractivity contribution in [1.29, 1.82) is 0 Å². The fraction of sp³-hybridized carbons (Fsp3) is 0.200. The molecule has 0 unspecified atom stereocenters. The van der Waals surface area contributed by atoms with Gasteiger partial charge in [-0.15, -0.1) is 0 Å². The smallest absolute Gasteiger partial charge is 0.365 e. The van der Waals surface area contributed by atoms with E-state index in [1.807, 2.05) is 30.3 Å². The van der Waals surface area contributed by atoms with Gasteiger partial charge in [0.25, 0.3) is 0 Å². The summed E-state index contributed by atoms with van der Waals surface area (Å²) in [5, 5.41) is 3.50. The average Bonchev–Trinajstić information content (AvgIpc) is 2.85. The molecule has 2 heterocycles. The van der Waals surface area contributed by atoms with Crippen LogP contribution in [-0.2, 0) is 12.7 Å². The average molecular weight is 306 g/mol. The van der Waals surface area contributed by atoms with E-state index in [1.165, 1.54) is 0 Å². The number of nitrogens with one attached hydrogen (secondary N) is 2. The maximum absolute atomic E-state index is 12.9. The van der Waals surface area contributed by atoms with Crippen molar-refractivity contribution in [2.75, 3.05) is 5.32 Å². The third-order valence-corrected chi connectivity index (χ3v) is 3.18. The van der Waals surface area contributed by atoms with Crippen LogP contribution in [0.1, 0.15) is 17.1 Å². The zero-order chi connectivity index (χ0) is 15.7. The van der Waals surface area contributed by atoms with Crippen molar-refractivity contribution in [3.8, 4) is 0 Å². The first kappa shape index (κ1) is 14.4. The summed E-state index contributed by atoms with van der Waals surface area (Å²) < 4.78 is 38.7. The topological polar surface area (TPSA) is 53.6 Å². The number of hydrogen-bond acceptors (Lipinski definition) is 3. The second-order valence-electron chi connectivity index (χ2n) is 4.95. The molecule has 7 heteroatoms. The predicted octanol–water partition coefficient (Wildman–Crippen LogP) is 3.90. The first-order chi connectivity index (χ1) is 10.4. The fourth-order valence-electron chi connectivity index (χ4n) is 2.18. The Labute approximate surface area is 124 Å². The van der Waals surface area contributed by atoms with Crippen LogP contribution in [0.5, 0.6) is 0 Å². The van der Waals surface area contributed by atoms with Crippen molar-refractivity contribution in [2.24, 2.45) is 0 Å². The van der Waals surface area contributed by atoms with Gasteiger partial charge in [-0.3, -0.25) is 0 Å². The second kappa shape index (κ2) is 5.32. The van der Waals surface area contributed by atoms with E-state index < -0.39 is 12.0 Å². The molecule has 22 heavy (non-hydrogen) atoms. The van der Waals surface area contributed by atoms with Gasteiger partial charge in [0.1, 0.15) is 11.5 Å².